The molecule has 0 aliphatic rings. The molecule has 0 saturated carbocycles. The highest BCUT2D eigenvalue weighted by Crippen LogP contribution is 2.29. The number of hydrogen-bond donors (Lipinski definition) is 1. The van der Waals surface area contributed by atoms with E-state index in [1.54, 1.807) is 12.1 Å². The Morgan fingerprint density at radius 1 is 1.32 bits per heavy atom. The van der Waals surface area contributed by atoms with E-state index in [0.717, 1.165) is 14.7 Å². The molecule has 0 aliphatic heterocycles. The summed E-state index contributed by atoms with van der Waals surface area (Å²) in [7, 11) is 0. The van der Waals surface area contributed by atoms with Crippen LogP contribution >= 0.6 is 27.3 Å². The monoisotopic (exact) mass is 376 g/mol. The largest absolute Gasteiger partial charge is 0.493 e. The van der Waals surface area contributed by atoms with Gasteiger partial charge in [0.25, 0.3) is 5.91 Å². The number of carbonyl (C=O) groups excluding carboxylic acids is 1. The van der Waals surface area contributed by atoms with Crippen LogP contribution in [0.5, 0.6) is 5.75 Å². The van der Waals surface area contributed by atoms with Crippen LogP contribution in [0.15, 0.2) is 46.9 Å². The van der Waals surface area contributed by atoms with Crippen molar-refractivity contribution in [1.29, 1.82) is 0 Å². The zero-order chi connectivity index (χ0) is 15.5. The molecule has 1 heterocycles. The van der Waals surface area contributed by atoms with Crippen molar-refractivity contribution in [3.8, 4) is 5.75 Å². The Morgan fingerprint density at radius 3 is 2.95 bits per heavy atom. The molecule has 0 radical (unpaired) electrons. The van der Waals surface area contributed by atoms with Gasteiger partial charge in [0.2, 0.25) is 0 Å². The average molecular weight is 377 g/mol. The third-order valence-electron chi connectivity index (χ3n) is 3.00. The lowest BCUT2D eigenvalue weighted by atomic mass is 10.2. The number of hydrogen-bond acceptors (Lipinski definition) is 4. The molecule has 22 heavy (non-hydrogen) atoms. The maximum atomic E-state index is 12.4. The van der Waals surface area contributed by atoms with Gasteiger partial charge in [0.05, 0.1) is 22.4 Å². The van der Waals surface area contributed by atoms with E-state index in [2.05, 4.69) is 26.2 Å². The molecule has 0 spiro atoms. The van der Waals surface area contributed by atoms with Crippen molar-refractivity contribution in [2.24, 2.45) is 0 Å². The van der Waals surface area contributed by atoms with E-state index in [1.807, 2.05) is 37.3 Å². The number of nitrogens with zero attached hydrogens (tertiary/aromatic N) is 1. The zero-order valence-electron chi connectivity index (χ0n) is 11.8. The van der Waals surface area contributed by atoms with Crippen LogP contribution in [0, 0.1) is 0 Å². The predicted molar refractivity (Wildman–Crippen MR) is 92.9 cm³/mol. The van der Waals surface area contributed by atoms with Crippen LogP contribution in [0.3, 0.4) is 0 Å². The summed E-state index contributed by atoms with van der Waals surface area (Å²) in [4.78, 5) is 16.8. The number of nitrogens with one attached hydrogen (secondary N) is 1. The number of thiazole rings is 1. The molecule has 0 aliphatic carbocycles. The number of fused-ring (bicyclic) bond motifs is 1. The van der Waals surface area contributed by atoms with Crippen molar-refractivity contribution in [2.75, 3.05) is 11.9 Å². The second-order valence-corrected chi connectivity index (χ2v) is 6.46. The number of ether oxygens (including phenoxy) is 1. The molecule has 4 nitrogen and oxygen atoms in total. The summed E-state index contributed by atoms with van der Waals surface area (Å²) in [6.07, 6.45) is 0. The van der Waals surface area contributed by atoms with Gasteiger partial charge in [-0.25, -0.2) is 4.98 Å². The van der Waals surface area contributed by atoms with E-state index in [-0.39, 0.29) is 5.91 Å². The lowest BCUT2D eigenvalue weighted by Gasteiger charge is -2.08. The van der Waals surface area contributed by atoms with Gasteiger partial charge >= 0.3 is 0 Å². The molecule has 112 valence electrons. The van der Waals surface area contributed by atoms with Gasteiger partial charge in [0.15, 0.2) is 5.13 Å². The fourth-order valence-electron chi connectivity index (χ4n) is 2.05. The summed E-state index contributed by atoms with van der Waals surface area (Å²) in [6, 6.07) is 13.0. The van der Waals surface area contributed by atoms with Gasteiger partial charge in [-0.3, -0.25) is 10.1 Å². The number of para-hydroxylation sites is 1. The number of anilines is 1. The number of amides is 1. The van der Waals surface area contributed by atoms with Crippen LogP contribution in [-0.2, 0) is 0 Å². The Bertz CT molecular complexity index is 832. The highest BCUT2D eigenvalue weighted by atomic mass is 79.9. The molecule has 3 rings (SSSR count). The predicted octanol–water partition coefficient (Wildman–Crippen LogP) is 4.71. The Balaban J connectivity index is 1.86. The molecule has 1 N–H and O–H groups in total. The molecular formula is C16H13BrN2O2S. The minimum atomic E-state index is -0.220. The minimum Gasteiger partial charge on any atom is -0.493 e. The van der Waals surface area contributed by atoms with Crippen LogP contribution in [0.2, 0.25) is 0 Å². The summed E-state index contributed by atoms with van der Waals surface area (Å²) in [5.74, 6) is 0.355. The summed E-state index contributed by atoms with van der Waals surface area (Å²) in [5.41, 5.74) is 1.37. The summed E-state index contributed by atoms with van der Waals surface area (Å²) >= 11 is 4.87. The Kier molecular flexibility index (Phi) is 4.40. The maximum Gasteiger partial charge on any atom is 0.261 e. The molecule has 0 fully saturated rings. The first-order valence-electron chi connectivity index (χ1n) is 6.76. The first-order chi connectivity index (χ1) is 10.7. The Labute approximate surface area is 140 Å². The number of benzene rings is 2. The highest BCUT2D eigenvalue weighted by Gasteiger charge is 2.14. The molecule has 0 saturated heterocycles. The first-order valence-corrected chi connectivity index (χ1v) is 8.37. The van der Waals surface area contributed by atoms with Gasteiger partial charge in [0, 0.05) is 4.47 Å². The van der Waals surface area contributed by atoms with Crippen molar-refractivity contribution < 1.29 is 9.53 Å². The van der Waals surface area contributed by atoms with E-state index in [4.69, 9.17) is 4.74 Å². The number of carbonyl (C=O) groups is 1. The first kappa shape index (κ1) is 15.0. The van der Waals surface area contributed by atoms with Crippen molar-refractivity contribution in [3.05, 3.63) is 52.5 Å². The molecule has 2 aromatic carbocycles. The van der Waals surface area contributed by atoms with Crippen LogP contribution in [0.25, 0.3) is 10.2 Å². The molecular weight excluding hydrogens is 364 g/mol. The van der Waals surface area contributed by atoms with E-state index in [9.17, 15) is 4.79 Å². The van der Waals surface area contributed by atoms with Crippen LogP contribution in [0.1, 0.15) is 17.3 Å². The maximum absolute atomic E-state index is 12.4. The van der Waals surface area contributed by atoms with Crippen molar-refractivity contribution >= 4 is 48.5 Å². The fourth-order valence-corrected chi connectivity index (χ4v) is 3.46. The summed E-state index contributed by atoms with van der Waals surface area (Å²) < 4.78 is 7.49. The van der Waals surface area contributed by atoms with Crippen LogP contribution in [-0.4, -0.2) is 17.5 Å². The van der Waals surface area contributed by atoms with Gasteiger partial charge in [-0.1, -0.05) is 39.4 Å². The van der Waals surface area contributed by atoms with Gasteiger partial charge in [-0.2, -0.15) is 0 Å². The second kappa shape index (κ2) is 6.46. The van der Waals surface area contributed by atoms with Crippen LogP contribution < -0.4 is 10.1 Å². The molecule has 6 heteroatoms. The number of halogens is 1. The highest BCUT2D eigenvalue weighted by molar-refractivity contribution is 9.10. The van der Waals surface area contributed by atoms with Gasteiger partial charge < -0.3 is 4.74 Å². The van der Waals surface area contributed by atoms with Crippen molar-refractivity contribution in [3.63, 3.8) is 0 Å². The summed E-state index contributed by atoms with van der Waals surface area (Å²) in [5, 5.41) is 3.41. The van der Waals surface area contributed by atoms with E-state index in [0.29, 0.717) is 23.1 Å². The van der Waals surface area contributed by atoms with Crippen molar-refractivity contribution in [2.45, 2.75) is 6.92 Å². The van der Waals surface area contributed by atoms with Gasteiger partial charge in [-0.15, -0.1) is 0 Å². The molecule has 1 amide bonds. The van der Waals surface area contributed by atoms with Gasteiger partial charge in [-0.05, 0) is 37.3 Å². The SMILES string of the molecule is CCOc1ccccc1C(=O)Nc1nc2ccc(Br)cc2s1. The van der Waals surface area contributed by atoms with Gasteiger partial charge in [0.1, 0.15) is 5.75 Å². The molecule has 0 bridgehead atoms. The molecule has 3 aromatic rings. The Morgan fingerprint density at radius 2 is 2.14 bits per heavy atom. The van der Waals surface area contributed by atoms with E-state index >= 15 is 0 Å². The lowest BCUT2D eigenvalue weighted by molar-refractivity contribution is 0.102. The van der Waals surface area contributed by atoms with Crippen molar-refractivity contribution in [1.82, 2.24) is 4.98 Å². The summed E-state index contributed by atoms with van der Waals surface area (Å²) in [6.45, 7) is 2.40. The molecule has 0 unspecified atom stereocenters. The standard InChI is InChI=1S/C16H13BrN2O2S/c1-2-21-13-6-4-3-5-11(13)15(20)19-16-18-12-8-7-10(17)9-14(12)22-16/h3-9H,2H2,1H3,(H,18,19,20). The number of aromatic nitrogens is 1. The smallest absolute Gasteiger partial charge is 0.261 e. The third-order valence-corrected chi connectivity index (χ3v) is 4.43. The number of rotatable bonds is 4. The third kappa shape index (κ3) is 3.13. The molecule has 0 atom stereocenters. The normalized spacial score (nSPS) is 10.6. The van der Waals surface area contributed by atoms with E-state index < -0.39 is 0 Å². The average Bonchev–Trinajstić information content (AvgIpc) is 2.89. The second-order valence-electron chi connectivity index (χ2n) is 4.51. The minimum absolute atomic E-state index is 0.220. The molecule has 1 aromatic heterocycles. The topological polar surface area (TPSA) is 51.2 Å². The Hall–Kier alpha value is -1.92. The lowest BCUT2D eigenvalue weighted by Crippen LogP contribution is -2.13. The van der Waals surface area contributed by atoms with Crippen LogP contribution in [0.4, 0.5) is 5.13 Å². The quantitative estimate of drug-likeness (QED) is 0.717. The zero-order valence-corrected chi connectivity index (χ0v) is 14.2. The van der Waals surface area contributed by atoms with E-state index in [1.165, 1.54) is 11.3 Å². The fraction of sp³-hybridized carbons (Fsp3) is 0.125.